The van der Waals surface area contributed by atoms with Crippen molar-refractivity contribution in [3.63, 3.8) is 0 Å². The van der Waals surface area contributed by atoms with E-state index in [0.29, 0.717) is 11.6 Å². The summed E-state index contributed by atoms with van der Waals surface area (Å²) in [6.07, 6.45) is 1.97. The number of ether oxygens (including phenoxy) is 2. The van der Waals surface area contributed by atoms with Crippen LogP contribution in [0.15, 0.2) is 33.6 Å². The molecule has 0 N–H and O–H groups in total. The fourth-order valence-corrected chi connectivity index (χ4v) is 2.36. The Kier molecular flexibility index (Phi) is 4.81. The maximum absolute atomic E-state index is 11.7. The van der Waals surface area contributed by atoms with Crippen molar-refractivity contribution in [2.45, 2.75) is 11.5 Å². The second-order valence-electron chi connectivity index (χ2n) is 3.92. The smallest absolute Gasteiger partial charge is 0.376 e. The Morgan fingerprint density at radius 1 is 1.35 bits per heavy atom. The van der Waals surface area contributed by atoms with E-state index in [4.69, 9.17) is 13.9 Å². The molecular formula is C14H15NO4S. The Morgan fingerprint density at radius 2 is 2.10 bits per heavy atom. The Labute approximate surface area is 121 Å². The minimum absolute atomic E-state index is 0.0836. The molecule has 0 aliphatic heterocycles. The van der Waals surface area contributed by atoms with Gasteiger partial charge in [0.2, 0.25) is 11.7 Å². The lowest BCUT2D eigenvalue weighted by Crippen LogP contribution is -2.04. The van der Waals surface area contributed by atoms with Crippen molar-refractivity contribution in [3.05, 3.63) is 35.7 Å². The maximum atomic E-state index is 11.7. The molecular weight excluding hydrogens is 278 g/mol. The fourth-order valence-electron chi connectivity index (χ4n) is 1.77. The van der Waals surface area contributed by atoms with Gasteiger partial charge in [0.1, 0.15) is 5.69 Å². The van der Waals surface area contributed by atoms with Crippen molar-refractivity contribution in [2.24, 2.45) is 0 Å². The van der Waals surface area contributed by atoms with Crippen LogP contribution in [0.2, 0.25) is 0 Å². The van der Waals surface area contributed by atoms with E-state index in [9.17, 15) is 4.79 Å². The highest BCUT2D eigenvalue weighted by Crippen LogP contribution is 2.31. The van der Waals surface area contributed by atoms with E-state index in [1.54, 1.807) is 11.8 Å². The summed E-state index contributed by atoms with van der Waals surface area (Å²) in [4.78, 5) is 17.1. The lowest BCUT2D eigenvalue weighted by Gasteiger charge is -2.01. The second kappa shape index (κ2) is 6.58. The molecule has 0 spiro atoms. The number of nitrogens with zero attached hydrogens (tertiary/aromatic N) is 1. The van der Waals surface area contributed by atoms with Crippen LogP contribution in [0.4, 0.5) is 0 Å². The van der Waals surface area contributed by atoms with E-state index < -0.39 is 5.97 Å². The second-order valence-corrected chi connectivity index (χ2v) is 4.77. The summed E-state index contributed by atoms with van der Waals surface area (Å²) in [7, 11) is 2.84. The Hall–Kier alpha value is -1.79. The highest BCUT2D eigenvalue weighted by Gasteiger charge is 2.22. The monoisotopic (exact) mass is 293 g/mol. The van der Waals surface area contributed by atoms with E-state index in [1.807, 2.05) is 30.5 Å². The number of oxazole rings is 1. The Bertz CT molecular complexity index is 609. The van der Waals surface area contributed by atoms with Crippen LogP contribution >= 0.6 is 11.8 Å². The molecule has 0 saturated heterocycles. The summed E-state index contributed by atoms with van der Waals surface area (Å²) in [6, 6.07) is 7.70. The van der Waals surface area contributed by atoms with E-state index in [2.05, 4.69) is 4.98 Å². The topological polar surface area (TPSA) is 61.6 Å². The van der Waals surface area contributed by atoms with Gasteiger partial charge in [-0.05, 0) is 18.4 Å². The minimum Gasteiger partial charge on any atom is -0.463 e. The van der Waals surface area contributed by atoms with Crippen molar-refractivity contribution in [1.82, 2.24) is 4.98 Å². The summed E-state index contributed by atoms with van der Waals surface area (Å²) in [5, 5.41) is 0. The average molecular weight is 293 g/mol. The standard InChI is InChI=1S/C14H15NO4S/c1-17-8-10-12(14(16)18-2)19-13(15-10)9-6-4-5-7-11(9)20-3/h4-7H,8H2,1-3H3. The number of thioether (sulfide) groups is 1. The summed E-state index contributed by atoms with van der Waals surface area (Å²) >= 11 is 1.59. The first kappa shape index (κ1) is 14.6. The highest BCUT2D eigenvalue weighted by molar-refractivity contribution is 7.98. The largest absolute Gasteiger partial charge is 0.463 e. The molecule has 0 radical (unpaired) electrons. The van der Waals surface area contributed by atoms with Gasteiger partial charge >= 0.3 is 5.97 Å². The van der Waals surface area contributed by atoms with Gasteiger partial charge in [-0.3, -0.25) is 0 Å². The third-order valence-electron chi connectivity index (χ3n) is 2.69. The van der Waals surface area contributed by atoms with E-state index >= 15 is 0 Å². The van der Waals surface area contributed by atoms with Gasteiger partial charge in [-0.1, -0.05) is 12.1 Å². The van der Waals surface area contributed by atoms with Gasteiger partial charge in [0, 0.05) is 12.0 Å². The molecule has 2 rings (SSSR count). The SMILES string of the molecule is COCc1nc(-c2ccccc2SC)oc1C(=O)OC. The van der Waals surface area contributed by atoms with Crippen LogP contribution in [-0.4, -0.2) is 31.4 Å². The summed E-state index contributed by atoms with van der Waals surface area (Å²) in [5.41, 5.74) is 1.28. The molecule has 0 aliphatic carbocycles. The molecule has 106 valence electrons. The predicted molar refractivity (Wildman–Crippen MR) is 75.8 cm³/mol. The zero-order chi connectivity index (χ0) is 14.5. The Morgan fingerprint density at radius 3 is 2.75 bits per heavy atom. The number of methoxy groups -OCH3 is 2. The van der Waals surface area contributed by atoms with Gasteiger partial charge in [0.25, 0.3) is 0 Å². The quantitative estimate of drug-likeness (QED) is 0.624. The van der Waals surface area contributed by atoms with Crippen molar-refractivity contribution in [3.8, 4) is 11.5 Å². The van der Waals surface area contributed by atoms with Gasteiger partial charge in [-0.25, -0.2) is 9.78 Å². The zero-order valence-corrected chi connectivity index (χ0v) is 12.3. The molecule has 0 fully saturated rings. The molecule has 1 heterocycles. The summed E-state index contributed by atoms with van der Waals surface area (Å²) in [6.45, 7) is 0.190. The lowest BCUT2D eigenvalue weighted by atomic mass is 10.2. The lowest BCUT2D eigenvalue weighted by molar-refractivity contribution is 0.0559. The van der Waals surface area contributed by atoms with E-state index in [-0.39, 0.29) is 12.4 Å². The molecule has 0 unspecified atom stereocenters. The van der Waals surface area contributed by atoms with Gasteiger partial charge < -0.3 is 13.9 Å². The number of hydrogen-bond donors (Lipinski definition) is 0. The number of esters is 1. The molecule has 20 heavy (non-hydrogen) atoms. The van der Waals surface area contributed by atoms with Crippen LogP contribution in [-0.2, 0) is 16.1 Å². The molecule has 0 aliphatic rings. The summed E-state index contributed by atoms with van der Waals surface area (Å²) < 4.78 is 15.3. The Balaban J connectivity index is 2.50. The van der Waals surface area contributed by atoms with Crippen LogP contribution in [0.1, 0.15) is 16.2 Å². The average Bonchev–Trinajstić information content (AvgIpc) is 2.90. The number of carbonyl (C=O) groups excluding carboxylic acids is 1. The highest BCUT2D eigenvalue weighted by atomic mass is 32.2. The van der Waals surface area contributed by atoms with Gasteiger partial charge in [0.05, 0.1) is 19.3 Å². The number of hydrogen-bond acceptors (Lipinski definition) is 6. The third kappa shape index (κ3) is 2.86. The third-order valence-corrected chi connectivity index (χ3v) is 3.48. The fraction of sp³-hybridized carbons (Fsp3) is 0.286. The van der Waals surface area contributed by atoms with Crippen molar-refractivity contribution in [1.29, 1.82) is 0 Å². The van der Waals surface area contributed by atoms with Crippen LogP contribution < -0.4 is 0 Å². The number of carbonyl (C=O) groups is 1. The molecule has 0 amide bonds. The van der Waals surface area contributed by atoms with Crippen molar-refractivity contribution in [2.75, 3.05) is 20.5 Å². The first-order valence-corrected chi connectivity index (χ1v) is 7.14. The van der Waals surface area contributed by atoms with Crippen molar-refractivity contribution < 1.29 is 18.7 Å². The molecule has 0 saturated carbocycles. The van der Waals surface area contributed by atoms with Crippen LogP contribution in [0.3, 0.4) is 0 Å². The van der Waals surface area contributed by atoms with E-state index in [0.717, 1.165) is 10.5 Å². The van der Waals surface area contributed by atoms with Crippen LogP contribution in [0, 0.1) is 0 Å². The summed E-state index contributed by atoms with van der Waals surface area (Å²) in [5.74, 6) is -0.0833. The minimum atomic E-state index is -0.558. The maximum Gasteiger partial charge on any atom is 0.376 e. The van der Waals surface area contributed by atoms with Gasteiger partial charge in [-0.15, -0.1) is 11.8 Å². The number of rotatable bonds is 5. The normalized spacial score (nSPS) is 10.6. The van der Waals surface area contributed by atoms with E-state index in [1.165, 1.54) is 14.2 Å². The van der Waals surface area contributed by atoms with Gasteiger partial charge in [0.15, 0.2) is 0 Å². The molecule has 6 heteroatoms. The zero-order valence-electron chi connectivity index (χ0n) is 11.5. The molecule has 0 bridgehead atoms. The number of benzene rings is 1. The first-order valence-electron chi connectivity index (χ1n) is 5.91. The molecule has 1 aromatic carbocycles. The molecule has 1 aromatic heterocycles. The molecule has 2 aromatic rings. The van der Waals surface area contributed by atoms with Gasteiger partial charge in [-0.2, -0.15) is 0 Å². The van der Waals surface area contributed by atoms with Crippen LogP contribution in [0.25, 0.3) is 11.5 Å². The van der Waals surface area contributed by atoms with Crippen LogP contribution in [0.5, 0.6) is 0 Å². The predicted octanol–water partition coefficient (Wildman–Crippen LogP) is 3.00. The molecule has 5 nitrogen and oxygen atoms in total. The molecule has 0 atom stereocenters. The van der Waals surface area contributed by atoms with Crippen molar-refractivity contribution >= 4 is 17.7 Å². The first-order chi connectivity index (χ1) is 9.71. The number of aromatic nitrogens is 1.